The number of benzene rings is 9. The van der Waals surface area contributed by atoms with Gasteiger partial charge in [0.05, 0.1) is 38.6 Å². The van der Waals surface area contributed by atoms with Gasteiger partial charge in [0, 0.05) is 43.5 Å². The lowest BCUT2D eigenvalue weighted by Crippen LogP contribution is -2.31. The van der Waals surface area contributed by atoms with E-state index < -0.39 is 0 Å². The highest BCUT2D eigenvalue weighted by atomic mass is 15.1. The lowest BCUT2D eigenvalue weighted by atomic mass is 9.91. The van der Waals surface area contributed by atoms with Crippen molar-refractivity contribution in [3.8, 4) is 67.3 Å². The normalized spacial score (nSPS) is 12.8. The van der Waals surface area contributed by atoms with E-state index in [1.165, 1.54) is 65.7 Å². The molecule has 1 aliphatic carbocycles. The van der Waals surface area contributed by atoms with Gasteiger partial charge in [0.15, 0.2) is 5.82 Å². The third-order valence-electron chi connectivity index (χ3n) is 13.6. The minimum Gasteiger partial charge on any atom is -0.308 e. The average Bonchev–Trinajstić information content (AvgIpc) is 3.83. The third kappa shape index (κ3) is 5.05. The van der Waals surface area contributed by atoms with E-state index in [4.69, 9.17) is 9.97 Å². The number of rotatable bonds is 4. The minimum absolute atomic E-state index is 0.824. The Morgan fingerprint density at radius 3 is 1.86 bits per heavy atom. The number of hydrogen-bond donors (Lipinski definition) is 0. The van der Waals surface area contributed by atoms with E-state index >= 15 is 0 Å². The summed E-state index contributed by atoms with van der Waals surface area (Å²) in [4.78, 5) is 11.6. The third-order valence-corrected chi connectivity index (χ3v) is 13.6. The second kappa shape index (κ2) is 13.6. The topological polar surface area (TPSA) is 35.6 Å². The van der Waals surface area contributed by atoms with E-state index in [-0.39, 0.29) is 0 Å². The minimum atomic E-state index is 0.824. The number of aromatic nitrogens is 4. The fraction of sp³-hybridized carbons (Fsp3) is 0.0333. The van der Waals surface area contributed by atoms with Gasteiger partial charge in [0.1, 0.15) is 5.69 Å². The maximum absolute atomic E-state index is 5.79. The molecule has 0 spiro atoms. The molecule has 3 aromatic heterocycles. The molecular weight excluding hydrogens is 777 g/mol. The summed E-state index contributed by atoms with van der Waals surface area (Å²) in [7, 11) is 0. The van der Waals surface area contributed by atoms with Gasteiger partial charge in [0.2, 0.25) is 0 Å². The first-order valence-electron chi connectivity index (χ1n) is 22.2. The molecule has 0 saturated carbocycles. The molecule has 64 heavy (non-hydrogen) atoms. The zero-order valence-electron chi connectivity index (χ0n) is 34.8. The molecule has 0 bridgehead atoms. The van der Waals surface area contributed by atoms with Crippen LogP contribution in [0.25, 0.3) is 134 Å². The molecule has 0 radical (unpaired) electrons. The molecule has 298 valence electrons. The quantitative estimate of drug-likeness (QED) is 0.166. The van der Waals surface area contributed by atoms with Crippen molar-refractivity contribution in [2.75, 3.05) is 0 Å². The lowest BCUT2D eigenvalue weighted by molar-refractivity contribution is 0.982. The van der Waals surface area contributed by atoms with Crippen LogP contribution in [-0.2, 0) is 0 Å². The highest BCUT2D eigenvalue weighted by Gasteiger charge is 2.30. The first-order valence-corrected chi connectivity index (χ1v) is 22.2. The molecule has 4 nitrogen and oxygen atoms in total. The highest BCUT2D eigenvalue weighted by Crippen LogP contribution is 2.49. The second-order valence-electron chi connectivity index (χ2n) is 17.2. The van der Waals surface area contributed by atoms with Crippen LogP contribution in [0.4, 0.5) is 0 Å². The summed E-state index contributed by atoms with van der Waals surface area (Å²) in [6.45, 7) is 0. The largest absolute Gasteiger partial charge is 0.308 e. The maximum Gasteiger partial charge on any atom is 0.165 e. The predicted molar refractivity (Wildman–Crippen MR) is 266 cm³/mol. The summed E-state index contributed by atoms with van der Waals surface area (Å²) in [6, 6.07) is 70.5. The van der Waals surface area contributed by atoms with Crippen molar-refractivity contribution in [3.05, 3.63) is 205 Å². The molecule has 2 aliphatic rings. The van der Waals surface area contributed by atoms with E-state index in [1.807, 2.05) is 0 Å². The molecule has 0 saturated heterocycles. The molecule has 0 unspecified atom stereocenters. The standard InChI is InChI=1S/C60H38N4/c1-3-17-37(18-4-1)40-33-41(38-19-5-2-6-20-38)35-42(34-40)57-60(61-50-32-31-39-21-7-8-22-43(39)58(50)62-57)64-53-30-16-13-27-48(53)55-54(64)36-49-46-25-12-15-29-52(46)63-51-28-14-11-24-45(51)44-23-9-10-26-47(44)56(55)59(49)63/h1-12,14-15,17-36H,13,16H2. The molecule has 1 aliphatic heterocycles. The Hall–Kier alpha value is -8.34. The molecule has 0 N–H and O–H groups in total. The summed E-state index contributed by atoms with van der Waals surface area (Å²) in [5.74, 6) is 0.824. The monoisotopic (exact) mass is 814 g/mol. The molecule has 12 aromatic rings. The Morgan fingerprint density at radius 1 is 0.422 bits per heavy atom. The van der Waals surface area contributed by atoms with Crippen molar-refractivity contribution in [1.29, 1.82) is 0 Å². The van der Waals surface area contributed by atoms with Gasteiger partial charge in [-0.05, 0) is 94.1 Å². The van der Waals surface area contributed by atoms with Crippen molar-refractivity contribution in [1.82, 2.24) is 19.1 Å². The van der Waals surface area contributed by atoms with Crippen LogP contribution in [0.15, 0.2) is 194 Å². The molecule has 9 aromatic carbocycles. The zero-order chi connectivity index (χ0) is 41.9. The zero-order valence-corrected chi connectivity index (χ0v) is 34.8. The summed E-state index contributed by atoms with van der Waals surface area (Å²) in [6.07, 6.45) is 6.81. The fourth-order valence-corrected chi connectivity index (χ4v) is 10.9. The van der Waals surface area contributed by atoms with Crippen LogP contribution in [-0.4, -0.2) is 19.1 Å². The van der Waals surface area contributed by atoms with Crippen LogP contribution in [0.2, 0.25) is 0 Å². The molecule has 0 atom stereocenters. The Morgan fingerprint density at radius 2 is 1.06 bits per heavy atom. The SMILES string of the molecule is C1=c2c(n(-c3nc4ccc5ccccc5c4nc3-c3cc(-c4ccccc4)cc(-c4ccccc4)c3)c3cc4c5ccccc5n5c4c(c23)-c2ccccc2-c2ccccc2-5)=CCC1. The summed E-state index contributed by atoms with van der Waals surface area (Å²) >= 11 is 0. The Kier molecular flexibility index (Phi) is 7.48. The van der Waals surface area contributed by atoms with Crippen molar-refractivity contribution in [3.63, 3.8) is 0 Å². The number of hydrogen-bond acceptors (Lipinski definition) is 2. The summed E-state index contributed by atoms with van der Waals surface area (Å²) in [5, 5.41) is 8.35. The van der Waals surface area contributed by atoms with Gasteiger partial charge in [0.25, 0.3) is 0 Å². The van der Waals surface area contributed by atoms with Gasteiger partial charge in [-0.1, -0.05) is 164 Å². The van der Waals surface area contributed by atoms with Crippen LogP contribution >= 0.6 is 0 Å². The highest BCUT2D eigenvalue weighted by molar-refractivity contribution is 6.23. The number of fused-ring (bicyclic) bond motifs is 15. The van der Waals surface area contributed by atoms with Crippen LogP contribution < -0.4 is 10.6 Å². The first kappa shape index (κ1) is 35.3. The molecule has 0 fully saturated rings. The van der Waals surface area contributed by atoms with Gasteiger partial charge in [-0.2, -0.15) is 0 Å². The number of nitrogens with zero attached hydrogens (tertiary/aromatic N) is 4. The summed E-state index contributed by atoms with van der Waals surface area (Å²) in [5.41, 5.74) is 17.9. The van der Waals surface area contributed by atoms with Crippen LogP contribution in [0.1, 0.15) is 12.8 Å². The van der Waals surface area contributed by atoms with Crippen LogP contribution in [0.3, 0.4) is 0 Å². The lowest BCUT2D eigenvalue weighted by Gasteiger charge is -2.17. The molecule has 4 heteroatoms. The van der Waals surface area contributed by atoms with E-state index in [1.54, 1.807) is 0 Å². The van der Waals surface area contributed by atoms with Gasteiger partial charge < -0.3 is 4.57 Å². The van der Waals surface area contributed by atoms with E-state index in [0.29, 0.717) is 0 Å². The van der Waals surface area contributed by atoms with E-state index in [2.05, 4.69) is 215 Å². The first-order chi connectivity index (χ1) is 31.8. The van der Waals surface area contributed by atoms with E-state index in [0.717, 1.165) is 79.5 Å². The van der Waals surface area contributed by atoms with Crippen molar-refractivity contribution < 1.29 is 0 Å². The Balaban J connectivity index is 1.18. The molecule has 0 amide bonds. The van der Waals surface area contributed by atoms with Crippen molar-refractivity contribution in [2.24, 2.45) is 0 Å². The van der Waals surface area contributed by atoms with Gasteiger partial charge in [-0.15, -0.1) is 0 Å². The average molecular weight is 815 g/mol. The molecule has 14 rings (SSSR count). The maximum atomic E-state index is 5.79. The van der Waals surface area contributed by atoms with Crippen molar-refractivity contribution in [2.45, 2.75) is 12.8 Å². The van der Waals surface area contributed by atoms with Crippen LogP contribution in [0.5, 0.6) is 0 Å². The van der Waals surface area contributed by atoms with E-state index in [9.17, 15) is 0 Å². The molecular formula is C60H38N4. The van der Waals surface area contributed by atoms with Crippen LogP contribution in [0, 0.1) is 0 Å². The van der Waals surface area contributed by atoms with Gasteiger partial charge in [-0.25, -0.2) is 9.97 Å². The van der Waals surface area contributed by atoms with Gasteiger partial charge >= 0.3 is 0 Å². The fourth-order valence-electron chi connectivity index (χ4n) is 10.9. The summed E-state index contributed by atoms with van der Waals surface area (Å²) < 4.78 is 4.98. The Bertz CT molecular complexity index is 4000. The van der Waals surface area contributed by atoms with Gasteiger partial charge in [-0.3, -0.25) is 4.57 Å². The number of para-hydroxylation sites is 2. The second-order valence-corrected chi connectivity index (χ2v) is 17.2. The predicted octanol–water partition coefficient (Wildman–Crippen LogP) is 13.8. The smallest absolute Gasteiger partial charge is 0.165 e. The molecule has 4 heterocycles. The van der Waals surface area contributed by atoms with Crippen molar-refractivity contribution >= 4 is 66.7 Å². The Labute approximate surface area is 369 Å².